The van der Waals surface area contributed by atoms with E-state index in [2.05, 4.69) is 21.9 Å². The van der Waals surface area contributed by atoms with Crippen molar-refractivity contribution in [1.29, 1.82) is 5.26 Å². The number of rotatable bonds is 7. The molecule has 0 saturated heterocycles. The molecule has 0 aromatic heterocycles. The lowest BCUT2D eigenvalue weighted by Gasteiger charge is -2.17. The van der Waals surface area contributed by atoms with E-state index in [0.717, 1.165) is 16.8 Å². The van der Waals surface area contributed by atoms with Crippen LogP contribution in [0.25, 0.3) is 0 Å². The molecule has 0 amide bonds. The molecular formula is C19H21N5S. The molecule has 0 fully saturated rings. The van der Waals surface area contributed by atoms with Gasteiger partial charge in [0.15, 0.2) is 5.11 Å². The van der Waals surface area contributed by atoms with Gasteiger partial charge in [0, 0.05) is 25.8 Å². The van der Waals surface area contributed by atoms with Gasteiger partial charge in [0.2, 0.25) is 0 Å². The maximum atomic E-state index is 8.63. The second-order valence-electron chi connectivity index (χ2n) is 5.46. The smallest absolute Gasteiger partial charge is 0.187 e. The summed E-state index contributed by atoms with van der Waals surface area (Å²) in [5.74, 6) is 0. The molecule has 25 heavy (non-hydrogen) atoms. The fourth-order valence-electron chi connectivity index (χ4n) is 2.14. The maximum Gasteiger partial charge on any atom is 0.187 e. The maximum absolute atomic E-state index is 8.63. The minimum absolute atomic E-state index is 0.480. The molecule has 0 saturated carbocycles. The summed E-state index contributed by atoms with van der Waals surface area (Å²) in [6.07, 6.45) is 2.23. The Morgan fingerprint density at radius 3 is 2.60 bits per heavy atom. The molecule has 2 aromatic rings. The highest BCUT2D eigenvalue weighted by Gasteiger charge is 2.00. The van der Waals surface area contributed by atoms with E-state index >= 15 is 0 Å². The van der Waals surface area contributed by atoms with Gasteiger partial charge in [0.25, 0.3) is 0 Å². The van der Waals surface area contributed by atoms with Crippen molar-refractivity contribution in [2.24, 2.45) is 5.10 Å². The van der Waals surface area contributed by atoms with Gasteiger partial charge >= 0.3 is 0 Å². The molecule has 0 atom stereocenters. The first-order chi connectivity index (χ1) is 12.2. The molecular weight excluding hydrogens is 330 g/mol. The minimum atomic E-state index is 0.480. The number of benzene rings is 2. The lowest BCUT2D eigenvalue weighted by atomic mass is 10.2. The third kappa shape index (κ3) is 6.61. The van der Waals surface area contributed by atoms with Crippen LogP contribution in [0.3, 0.4) is 0 Å². The van der Waals surface area contributed by atoms with E-state index in [1.807, 2.05) is 66.5 Å². The SMILES string of the molecule is CN(CCC#N)c1ccc(/C=N\NC(=S)NCc2ccccc2)cc1. The van der Waals surface area contributed by atoms with Crippen molar-refractivity contribution in [3.8, 4) is 6.07 Å². The highest BCUT2D eigenvalue weighted by atomic mass is 32.1. The molecule has 0 unspecified atom stereocenters. The van der Waals surface area contributed by atoms with E-state index < -0.39 is 0 Å². The Hall–Kier alpha value is -2.91. The Morgan fingerprint density at radius 2 is 1.92 bits per heavy atom. The van der Waals surface area contributed by atoms with Gasteiger partial charge in [-0.3, -0.25) is 5.43 Å². The molecule has 5 nitrogen and oxygen atoms in total. The van der Waals surface area contributed by atoms with E-state index in [0.29, 0.717) is 24.6 Å². The molecule has 128 valence electrons. The molecule has 0 radical (unpaired) electrons. The lowest BCUT2D eigenvalue weighted by molar-refractivity contribution is 0.869. The first-order valence-corrected chi connectivity index (χ1v) is 8.39. The van der Waals surface area contributed by atoms with Crippen molar-refractivity contribution in [3.05, 3.63) is 65.7 Å². The number of thiocarbonyl (C=S) groups is 1. The summed E-state index contributed by atoms with van der Waals surface area (Å²) >= 11 is 5.20. The fourth-order valence-corrected chi connectivity index (χ4v) is 2.27. The van der Waals surface area contributed by atoms with Gasteiger partial charge in [-0.25, -0.2) is 0 Å². The van der Waals surface area contributed by atoms with Gasteiger partial charge < -0.3 is 10.2 Å². The lowest BCUT2D eigenvalue weighted by Crippen LogP contribution is -2.31. The molecule has 0 aliphatic rings. The van der Waals surface area contributed by atoms with Crippen LogP contribution < -0.4 is 15.6 Å². The van der Waals surface area contributed by atoms with E-state index in [1.165, 1.54) is 0 Å². The zero-order valence-electron chi connectivity index (χ0n) is 14.1. The number of hydrazone groups is 1. The molecule has 0 heterocycles. The van der Waals surface area contributed by atoms with Crippen LogP contribution in [-0.4, -0.2) is 24.9 Å². The van der Waals surface area contributed by atoms with E-state index in [-0.39, 0.29) is 0 Å². The van der Waals surface area contributed by atoms with Crippen molar-refractivity contribution in [2.45, 2.75) is 13.0 Å². The standard InChI is InChI=1S/C19H21N5S/c1-24(13-5-12-20)18-10-8-17(9-11-18)15-22-23-19(25)21-14-16-6-3-2-4-7-16/h2-4,6-11,15H,5,13-14H2,1H3,(H2,21,23,25)/b22-15-. The van der Waals surface area contributed by atoms with Gasteiger partial charge in [-0.05, 0) is 35.5 Å². The molecule has 2 N–H and O–H groups in total. The Balaban J connectivity index is 1.77. The molecule has 2 rings (SSSR count). The van der Waals surface area contributed by atoms with Crippen LogP contribution in [-0.2, 0) is 6.54 Å². The van der Waals surface area contributed by atoms with Crippen LogP contribution in [0.5, 0.6) is 0 Å². The summed E-state index contributed by atoms with van der Waals surface area (Å²) in [5, 5.41) is 16.4. The third-order valence-corrected chi connectivity index (χ3v) is 3.80. The predicted molar refractivity (Wildman–Crippen MR) is 107 cm³/mol. The monoisotopic (exact) mass is 351 g/mol. The van der Waals surface area contributed by atoms with Gasteiger partial charge in [0.1, 0.15) is 0 Å². The number of hydrogen-bond acceptors (Lipinski definition) is 4. The van der Waals surface area contributed by atoms with Crippen molar-refractivity contribution in [1.82, 2.24) is 10.7 Å². The fraction of sp³-hybridized carbons (Fsp3) is 0.211. The third-order valence-electron chi connectivity index (χ3n) is 3.57. The van der Waals surface area contributed by atoms with Crippen molar-refractivity contribution >= 4 is 29.2 Å². The Kier molecular flexibility index (Phi) is 7.41. The normalized spacial score (nSPS) is 10.2. The second kappa shape index (κ2) is 10.1. The summed E-state index contributed by atoms with van der Waals surface area (Å²) in [5.41, 5.74) is 6.01. The molecule has 0 bridgehead atoms. The summed E-state index contributed by atoms with van der Waals surface area (Å²) in [7, 11) is 1.97. The number of nitriles is 1. The first-order valence-electron chi connectivity index (χ1n) is 7.98. The average Bonchev–Trinajstić information content (AvgIpc) is 2.66. The van der Waals surface area contributed by atoms with Gasteiger partial charge in [-0.15, -0.1) is 0 Å². The summed E-state index contributed by atoms with van der Waals surface area (Å²) < 4.78 is 0. The summed E-state index contributed by atoms with van der Waals surface area (Å²) in [6.45, 7) is 1.37. The Morgan fingerprint density at radius 1 is 1.20 bits per heavy atom. The van der Waals surface area contributed by atoms with Gasteiger partial charge in [-0.1, -0.05) is 42.5 Å². The van der Waals surface area contributed by atoms with E-state index in [4.69, 9.17) is 17.5 Å². The zero-order chi connectivity index (χ0) is 17.9. The molecule has 2 aromatic carbocycles. The average molecular weight is 351 g/mol. The number of nitrogens with zero attached hydrogens (tertiary/aromatic N) is 3. The van der Waals surface area contributed by atoms with Crippen LogP contribution in [0, 0.1) is 11.3 Å². The van der Waals surface area contributed by atoms with Crippen molar-refractivity contribution < 1.29 is 0 Å². The van der Waals surface area contributed by atoms with Crippen molar-refractivity contribution in [3.63, 3.8) is 0 Å². The van der Waals surface area contributed by atoms with Crippen LogP contribution in [0.1, 0.15) is 17.5 Å². The molecule has 6 heteroatoms. The quantitative estimate of drug-likeness (QED) is 0.456. The van der Waals surface area contributed by atoms with Crippen LogP contribution in [0.15, 0.2) is 59.7 Å². The Labute approximate surface area is 154 Å². The molecule has 0 spiro atoms. The largest absolute Gasteiger partial charge is 0.374 e. The zero-order valence-corrected chi connectivity index (χ0v) is 15.0. The van der Waals surface area contributed by atoms with Crippen LogP contribution in [0.4, 0.5) is 5.69 Å². The number of nitrogens with one attached hydrogen (secondary N) is 2. The minimum Gasteiger partial charge on any atom is -0.374 e. The number of anilines is 1. The molecule has 0 aliphatic carbocycles. The van der Waals surface area contributed by atoms with Crippen LogP contribution >= 0.6 is 12.2 Å². The summed E-state index contributed by atoms with van der Waals surface area (Å²) in [4.78, 5) is 2.05. The molecule has 0 aliphatic heterocycles. The van der Waals surface area contributed by atoms with Gasteiger partial charge in [0.05, 0.1) is 18.7 Å². The van der Waals surface area contributed by atoms with Crippen molar-refractivity contribution in [2.75, 3.05) is 18.5 Å². The number of hydrogen-bond donors (Lipinski definition) is 2. The van der Waals surface area contributed by atoms with E-state index in [1.54, 1.807) is 6.21 Å². The first kappa shape index (κ1) is 18.4. The van der Waals surface area contributed by atoms with Crippen LogP contribution in [0.2, 0.25) is 0 Å². The highest BCUT2D eigenvalue weighted by molar-refractivity contribution is 7.80. The second-order valence-corrected chi connectivity index (χ2v) is 5.87. The van der Waals surface area contributed by atoms with Gasteiger partial charge in [-0.2, -0.15) is 10.4 Å². The summed E-state index contributed by atoms with van der Waals surface area (Å²) in [6, 6.07) is 20.2. The van der Waals surface area contributed by atoms with E-state index in [9.17, 15) is 0 Å². The predicted octanol–water partition coefficient (Wildman–Crippen LogP) is 3.03. The highest BCUT2D eigenvalue weighted by Crippen LogP contribution is 2.13. The topological polar surface area (TPSA) is 63.5 Å². The Bertz CT molecular complexity index is 735.